The molecule has 0 saturated heterocycles. The number of carbonyl (C=O) groups excluding carboxylic acids is 2. The molecule has 1 atom stereocenters. The van der Waals surface area contributed by atoms with E-state index in [9.17, 15) is 22.8 Å². The van der Waals surface area contributed by atoms with Gasteiger partial charge in [-0.1, -0.05) is 0 Å². The number of ether oxygens (including phenoxy) is 1. The Labute approximate surface area is 96.8 Å². The monoisotopic (exact) mass is 253 g/mol. The normalized spacial score (nSPS) is 14.1. The van der Waals surface area contributed by atoms with Gasteiger partial charge in [0.2, 0.25) is 5.91 Å². The van der Waals surface area contributed by atoms with Crippen molar-refractivity contribution >= 4 is 11.9 Å². The van der Waals surface area contributed by atoms with E-state index >= 15 is 0 Å². The fourth-order valence-corrected chi connectivity index (χ4v) is 0.947. The number of nitrogens with one attached hydrogen (secondary N) is 1. The van der Waals surface area contributed by atoms with Crippen LogP contribution in [0.4, 0.5) is 13.2 Å². The van der Waals surface area contributed by atoms with Crippen molar-refractivity contribution in [3.63, 3.8) is 0 Å². The van der Waals surface area contributed by atoms with Gasteiger partial charge >= 0.3 is 12.1 Å². The summed E-state index contributed by atoms with van der Waals surface area (Å²) in [4.78, 5) is 22.0. The van der Waals surface area contributed by atoms with E-state index in [-0.39, 0.29) is 6.42 Å². The first-order valence-corrected chi connectivity index (χ1v) is 4.79. The molecule has 0 radical (unpaired) electrons. The van der Waals surface area contributed by atoms with Crippen molar-refractivity contribution in [2.24, 2.45) is 0 Å². The molecule has 7 heteroatoms. The lowest BCUT2D eigenvalue weighted by Gasteiger charge is -2.12. The molecule has 0 aliphatic rings. The van der Waals surface area contributed by atoms with E-state index in [2.05, 4.69) is 10.1 Å². The predicted octanol–water partition coefficient (Wildman–Crippen LogP) is 1.56. The van der Waals surface area contributed by atoms with Crippen molar-refractivity contribution in [1.29, 1.82) is 0 Å². The van der Waals surface area contributed by atoms with E-state index in [0.29, 0.717) is 6.08 Å². The van der Waals surface area contributed by atoms with Crippen LogP contribution in [0.1, 0.15) is 20.3 Å². The molecule has 98 valence electrons. The van der Waals surface area contributed by atoms with Gasteiger partial charge in [0, 0.05) is 17.7 Å². The SMILES string of the molecule is COC(=O)CC(C)NC(=O)/C=C(\C)C(F)(F)F. The highest BCUT2D eigenvalue weighted by atomic mass is 19.4. The minimum Gasteiger partial charge on any atom is -0.469 e. The highest BCUT2D eigenvalue weighted by Crippen LogP contribution is 2.24. The van der Waals surface area contributed by atoms with Gasteiger partial charge in [0.25, 0.3) is 0 Å². The average molecular weight is 253 g/mol. The first-order valence-electron chi connectivity index (χ1n) is 4.79. The molecule has 0 saturated carbocycles. The summed E-state index contributed by atoms with van der Waals surface area (Å²) in [6.07, 6.45) is -4.17. The van der Waals surface area contributed by atoms with Crippen molar-refractivity contribution in [2.45, 2.75) is 32.5 Å². The number of carbonyl (C=O) groups is 2. The zero-order valence-electron chi connectivity index (χ0n) is 9.72. The summed E-state index contributed by atoms with van der Waals surface area (Å²) in [6.45, 7) is 2.29. The van der Waals surface area contributed by atoms with Gasteiger partial charge in [-0.25, -0.2) is 0 Å². The molecule has 0 fully saturated rings. The lowest BCUT2D eigenvalue weighted by atomic mass is 10.2. The summed E-state index contributed by atoms with van der Waals surface area (Å²) >= 11 is 0. The van der Waals surface area contributed by atoms with Crippen LogP contribution < -0.4 is 5.32 Å². The molecule has 0 aliphatic carbocycles. The number of rotatable bonds is 4. The molecule has 0 aromatic rings. The minimum absolute atomic E-state index is 0.0961. The molecule has 17 heavy (non-hydrogen) atoms. The predicted molar refractivity (Wildman–Crippen MR) is 54.0 cm³/mol. The van der Waals surface area contributed by atoms with E-state index in [4.69, 9.17) is 0 Å². The molecular weight excluding hydrogens is 239 g/mol. The largest absolute Gasteiger partial charge is 0.469 e. The number of halogens is 3. The van der Waals surface area contributed by atoms with Crippen LogP contribution >= 0.6 is 0 Å². The number of hydrogen-bond donors (Lipinski definition) is 1. The number of alkyl halides is 3. The first-order chi connectivity index (χ1) is 7.66. The van der Waals surface area contributed by atoms with Gasteiger partial charge in [0.15, 0.2) is 0 Å². The van der Waals surface area contributed by atoms with E-state index in [1.807, 2.05) is 0 Å². The van der Waals surface area contributed by atoms with Crippen molar-refractivity contribution in [3.05, 3.63) is 11.6 Å². The van der Waals surface area contributed by atoms with Crippen LogP contribution in [0.25, 0.3) is 0 Å². The Hall–Kier alpha value is -1.53. The van der Waals surface area contributed by atoms with Crippen LogP contribution in [-0.2, 0) is 14.3 Å². The van der Waals surface area contributed by atoms with Crippen molar-refractivity contribution in [2.75, 3.05) is 7.11 Å². The van der Waals surface area contributed by atoms with Crippen LogP contribution in [0.5, 0.6) is 0 Å². The standard InChI is InChI=1S/C10H14F3NO3/c1-6(10(11,12)13)4-8(15)14-7(2)5-9(16)17-3/h4,7H,5H2,1-3H3,(H,14,15)/b6-4+. The number of methoxy groups -OCH3 is 1. The summed E-state index contributed by atoms with van der Waals surface area (Å²) < 4.78 is 40.6. The molecule has 0 aliphatic heterocycles. The van der Waals surface area contributed by atoms with E-state index < -0.39 is 29.7 Å². The maximum Gasteiger partial charge on any atom is 0.412 e. The molecule has 0 aromatic carbocycles. The zero-order chi connectivity index (χ0) is 13.6. The summed E-state index contributed by atoms with van der Waals surface area (Å²) in [7, 11) is 1.19. The third kappa shape index (κ3) is 6.60. The summed E-state index contributed by atoms with van der Waals surface area (Å²) in [6, 6.07) is -0.591. The zero-order valence-corrected chi connectivity index (χ0v) is 9.72. The molecule has 4 nitrogen and oxygen atoms in total. The Bertz CT molecular complexity index is 323. The summed E-state index contributed by atoms with van der Waals surface area (Å²) in [5.41, 5.74) is -1.000. The highest BCUT2D eigenvalue weighted by Gasteiger charge is 2.30. The molecule has 0 spiro atoms. The lowest BCUT2D eigenvalue weighted by Crippen LogP contribution is -2.33. The number of hydrogen-bond acceptors (Lipinski definition) is 3. The maximum absolute atomic E-state index is 12.1. The van der Waals surface area contributed by atoms with Crippen LogP contribution in [0, 0.1) is 0 Å². The van der Waals surface area contributed by atoms with Gasteiger partial charge < -0.3 is 10.1 Å². The second kappa shape index (κ2) is 6.27. The topological polar surface area (TPSA) is 55.4 Å². The lowest BCUT2D eigenvalue weighted by molar-refractivity contribution is -0.141. The van der Waals surface area contributed by atoms with E-state index in [0.717, 1.165) is 6.92 Å². The smallest absolute Gasteiger partial charge is 0.412 e. The maximum atomic E-state index is 12.1. The summed E-state index contributed by atoms with van der Waals surface area (Å²) in [5, 5.41) is 2.23. The van der Waals surface area contributed by atoms with Gasteiger partial charge in [-0.2, -0.15) is 13.2 Å². The van der Waals surface area contributed by atoms with Gasteiger partial charge in [0.1, 0.15) is 0 Å². The van der Waals surface area contributed by atoms with Crippen LogP contribution in [0.3, 0.4) is 0 Å². The molecule has 1 amide bonds. The molecule has 1 unspecified atom stereocenters. The number of esters is 1. The minimum atomic E-state index is -4.52. The number of allylic oxidation sites excluding steroid dienone is 1. The molecule has 0 aromatic heterocycles. The molecule has 0 bridgehead atoms. The second-order valence-corrected chi connectivity index (χ2v) is 3.52. The average Bonchev–Trinajstić information content (AvgIpc) is 2.15. The van der Waals surface area contributed by atoms with Gasteiger partial charge in [-0.05, 0) is 13.8 Å². The Balaban J connectivity index is 4.32. The first kappa shape index (κ1) is 15.5. The Morgan fingerprint density at radius 3 is 2.35 bits per heavy atom. The number of amides is 1. The Kier molecular flexibility index (Phi) is 5.70. The Morgan fingerprint density at radius 1 is 1.41 bits per heavy atom. The van der Waals surface area contributed by atoms with Crippen LogP contribution in [0.2, 0.25) is 0 Å². The van der Waals surface area contributed by atoms with Gasteiger partial charge in [-0.3, -0.25) is 9.59 Å². The molecule has 0 heterocycles. The molecular formula is C10H14F3NO3. The van der Waals surface area contributed by atoms with Crippen LogP contribution in [0.15, 0.2) is 11.6 Å². The van der Waals surface area contributed by atoms with E-state index in [1.54, 1.807) is 0 Å². The third-order valence-corrected chi connectivity index (χ3v) is 1.88. The van der Waals surface area contributed by atoms with Crippen molar-refractivity contribution < 1.29 is 27.5 Å². The molecule has 0 rings (SSSR count). The fourth-order valence-electron chi connectivity index (χ4n) is 0.947. The fraction of sp³-hybridized carbons (Fsp3) is 0.600. The quantitative estimate of drug-likeness (QED) is 0.611. The van der Waals surface area contributed by atoms with E-state index in [1.165, 1.54) is 14.0 Å². The summed E-state index contributed by atoms with van der Waals surface area (Å²) in [5.74, 6) is -1.44. The van der Waals surface area contributed by atoms with Gasteiger partial charge in [0.05, 0.1) is 13.5 Å². The third-order valence-electron chi connectivity index (χ3n) is 1.88. The Morgan fingerprint density at radius 2 is 1.94 bits per heavy atom. The van der Waals surface area contributed by atoms with Crippen LogP contribution in [-0.4, -0.2) is 31.2 Å². The second-order valence-electron chi connectivity index (χ2n) is 3.52. The molecule has 1 N–H and O–H groups in total. The van der Waals surface area contributed by atoms with Crippen molar-refractivity contribution in [3.8, 4) is 0 Å². The van der Waals surface area contributed by atoms with Gasteiger partial charge in [-0.15, -0.1) is 0 Å². The highest BCUT2D eigenvalue weighted by molar-refractivity contribution is 5.88. The van der Waals surface area contributed by atoms with Crippen molar-refractivity contribution in [1.82, 2.24) is 5.32 Å².